The molecule has 0 aliphatic heterocycles. The lowest BCUT2D eigenvalue weighted by Crippen LogP contribution is -2.21. The fourth-order valence-electron chi connectivity index (χ4n) is 3.64. The quantitative estimate of drug-likeness (QED) is 0.521. The third-order valence-electron chi connectivity index (χ3n) is 4.81. The second-order valence-electron chi connectivity index (χ2n) is 6.37. The van der Waals surface area contributed by atoms with Crippen LogP contribution in [0.5, 0.6) is 0 Å². The first-order valence-electron chi connectivity index (χ1n) is 8.38. The molecule has 0 fully saturated rings. The lowest BCUT2D eigenvalue weighted by molar-refractivity contribution is 0.481. The molecule has 1 aliphatic carbocycles. The summed E-state index contributed by atoms with van der Waals surface area (Å²) in [5.74, 6) is 0. The highest BCUT2D eigenvalue weighted by Gasteiger charge is 2.22. The minimum absolute atomic E-state index is 0. The summed E-state index contributed by atoms with van der Waals surface area (Å²) in [6.07, 6.45) is 4.93. The van der Waals surface area contributed by atoms with Crippen molar-refractivity contribution >= 4 is 39.2 Å². The Balaban J connectivity index is 0.00000169. The predicted octanol–water partition coefficient (Wildman–Crippen LogP) is 5.91. The van der Waals surface area contributed by atoms with Gasteiger partial charge in [0.1, 0.15) is 0 Å². The SMILES string of the molecule is Brc1ccc2[nH]c3c(c2c1)CCCCC3NCc1ccccc1.Cl. The maximum Gasteiger partial charge on any atom is 0.0478 e. The Morgan fingerprint density at radius 1 is 1.08 bits per heavy atom. The highest BCUT2D eigenvalue weighted by molar-refractivity contribution is 9.10. The fourth-order valence-corrected chi connectivity index (χ4v) is 4.00. The summed E-state index contributed by atoms with van der Waals surface area (Å²) in [5.41, 5.74) is 5.50. The van der Waals surface area contributed by atoms with Gasteiger partial charge >= 0.3 is 0 Å². The zero-order valence-corrected chi connectivity index (χ0v) is 15.9. The first-order valence-corrected chi connectivity index (χ1v) is 9.18. The molecule has 126 valence electrons. The van der Waals surface area contributed by atoms with Crippen LogP contribution in [0.25, 0.3) is 10.9 Å². The van der Waals surface area contributed by atoms with Gasteiger partial charge in [0.25, 0.3) is 0 Å². The van der Waals surface area contributed by atoms with Crippen LogP contribution >= 0.6 is 28.3 Å². The second-order valence-corrected chi connectivity index (χ2v) is 7.29. The van der Waals surface area contributed by atoms with Crippen LogP contribution in [-0.4, -0.2) is 4.98 Å². The van der Waals surface area contributed by atoms with Crippen LogP contribution in [-0.2, 0) is 13.0 Å². The van der Waals surface area contributed by atoms with Crippen molar-refractivity contribution in [3.05, 3.63) is 69.8 Å². The summed E-state index contributed by atoms with van der Waals surface area (Å²) in [4.78, 5) is 3.69. The van der Waals surface area contributed by atoms with E-state index in [0.717, 1.165) is 11.0 Å². The molecule has 0 saturated heterocycles. The maximum absolute atomic E-state index is 3.77. The number of aryl methyl sites for hydroxylation is 1. The van der Waals surface area contributed by atoms with E-state index in [4.69, 9.17) is 0 Å². The number of aromatic nitrogens is 1. The zero-order chi connectivity index (χ0) is 15.6. The molecule has 0 radical (unpaired) electrons. The molecule has 3 aromatic rings. The molecule has 0 spiro atoms. The first kappa shape index (κ1) is 17.5. The summed E-state index contributed by atoms with van der Waals surface area (Å²) in [5, 5.41) is 5.14. The fraction of sp³-hybridized carbons (Fsp3) is 0.300. The zero-order valence-electron chi connectivity index (χ0n) is 13.5. The number of H-pyrrole nitrogens is 1. The molecule has 1 aromatic heterocycles. The minimum Gasteiger partial charge on any atom is -0.357 e. The van der Waals surface area contributed by atoms with Crippen LogP contribution in [0.1, 0.15) is 42.1 Å². The summed E-state index contributed by atoms with van der Waals surface area (Å²) in [6, 6.07) is 17.6. The molecule has 2 aromatic carbocycles. The Kier molecular flexibility index (Phi) is 5.65. The Bertz CT molecular complexity index is 813. The van der Waals surface area contributed by atoms with Crippen LogP contribution in [0.4, 0.5) is 0 Å². The van der Waals surface area contributed by atoms with Gasteiger partial charge in [0.05, 0.1) is 0 Å². The topological polar surface area (TPSA) is 27.8 Å². The Morgan fingerprint density at radius 2 is 1.92 bits per heavy atom. The molecule has 1 atom stereocenters. The van der Waals surface area contributed by atoms with Gasteiger partial charge in [-0.3, -0.25) is 0 Å². The molecular weight excluding hydrogens is 384 g/mol. The van der Waals surface area contributed by atoms with Crippen LogP contribution in [0, 0.1) is 0 Å². The number of hydrogen-bond acceptors (Lipinski definition) is 1. The number of aromatic amines is 1. The summed E-state index contributed by atoms with van der Waals surface area (Å²) >= 11 is 3.61. The van der Waals surface area contributed by atoms with Crippen molar-refractivity contribution in [3.8, 4) is 0 Å². The van der Waals surface area contributed by atoms with Gasteiger partial charge in [0.2, 0.25) is 0 Å². The molecule has 1 unspecified atom stereocenters. The van der Waals surface area contributed by atoms with Gasteiger partial charge in [-0.05, 0) is 48.6 Å². The number of benzene rings is 2. The lowest BCUT2D eigenvalue weighted by Gasteiger charge is -2.17. The number of fused-ring (bicyclic) bond motifs is 3. The van der Waals surface area contributed by atoms with Crippen LogP contribution < -0.4 is 5.32 Å². The number of halogens is 2. The van der Waals surface area contributed by atoms with Gasteiger partial charge in [-0.25, -0.2) is 0 Å². The van der Waals surface area contributed by atoms with Gasteiger partial charge in [-0.15, -0.1) is 12.4 Å². The van der Waals surface area contributed by atoms with Crippen molar-refractivity contribution in [1.29, 1.82) is 0 Å². The first-order chi connectivity index (χ1) is 11.3. The summed E-state index contributed by atoms with van der Waals surface area (Å²) in [6.45, 7) is 0.921. The highest BCUT2D eigenvalue weighted by atomic mass is 79.9. The van der Waals surface area contributed by atoms with Crippen LogP contribution in [0.3, 0.4) is 0 Å². The van der Waals surface area contributed by atoms with Crippen molar-refractivity contribution in [3.63, 3.8) is 0 Å². The van der Waals surface area contributed by atoms with E-state index in [1.165, 1.54) is 53.4 Å². The van der Waals surface area contributed by atoms with E-state index in [9.17, 15) is 0 Å². The molecule has 4 rings (SSSR count). The average molecular weight is 406 g/mol. The van der Waals surface area contributed by atoms with E-state index in [-0.39, 0.29) is 12.4 Å². The Hall–Kier alpha value is -1.29. The van der Waals surface area contributed by atoms with E-state index in [1.54, 1.807) is 0 Å². The van der Waals surface area contributed by atoms with E-state index < -0.39 is 0 Å². The second kappa shape index (κ2) is 7.73. The minimum atomic E-state index is 0. The molecule has 1 aliphatic rings. The smallest absolute Gasteiger partial charge is 0.0478 e. The van der Waals surface area contributed by atoms with Crippen LogP contribution in [0.15, 0.2) is 53.0 Å². The molecule has 4 heteroatoms. The molecule has 24 heavy (non-hydrogen) atoms. The van der Waals surface area contributed by atoms with Gasteiger partial charge in [-0.2, -0.15) is 0 Å². The standard InChI is InChI=1S/C20H21BrN2.ClH/c21-15-10-11-18-17(12-15)16-8-4-5-9-19(20(16)23-18)22-13-14-6-2-1-3-7-14;/h1-3,6-7,10-12,19,22-23H,4-5,8-9,13H2;1H. The van der Waals surface area contributed by atoms with Gasteiger partial charge in [-0.1, -0.05) is 52.7 Å². The predicted molar refractivity (Wildman–Crippen MR) is 107 cm³/mol. The van der Waals surface area contributed by atoms with Crippen LogP contribution in [0.2, 0.25) is 0 Å². The van der Waals surface area contributed by atoms with Crippen molar-refractivity contribution in [2.75, 3.05) is 0 Å². The Morgan fingerprint density at radius 3 is 2.75 bits per heavy atom. The van der Waals surface area contributed by atoms with Crippen molar-refractivity contribution in [2.45, 2.75) is 38.3 Å². The maximum atomic E-state index is 3.77. The average Bonchev–Trinajstić information content (AvgIpc) is 2.80. The molecule has 2 nitrogen and oxygen atoms in total. The van der Waals surface area contributed by atoms with Gasteiger partial charge < -0.3 is 10.3 Å². The van der Waals surface area contributed by atoms with Crippen molar-refractivity contribution in [1.82, 2.24) is 10.3 Å². The van der Waals surface area contributed by atoms with Crippen molar-refractivity contribution < 1.29 is 0 Å². The van der Waals surface area contributed by atoms with E-state index >= 15 is 0 Å². The van der Waals surface area contributed by atoms with Gasteiger partial charge in [0.15, 0.2) is 0 Å². The molecular formula is C20H22BrClN2. The van der Waals surface area contributed by atoms with Gasteiger partial charge in [0, 0.05) is 33.7 Å². The van der Waals surface area contributed by atoms with Crippen molar-refractivity contribution in [2.24, 2.45) is 0 Å². The number of hydrogen-bond donors (Lipinski definition) is 2. The molecule has 1 heterocycles. The third-order valence-corrected chi connectivity index (χ3v) is 5.31. The molecule has 0 saturated carbocycles. The van der Waals surface area contributed by atoms with E-state index in [1.807, 2.05) is 0 Å². The van der Waals surface area contributed by atoms with E-state index in [2.05, 4.69) is 74.8 Å². The summed E-state index contributed by atoms with van der Waals surface area (Å²) in [7, 11) is 0. The third kappa shape index (κ3) is 3.53. The highest BCUT2D eigenvalue weighted by Crippen LogP contribution is 2.35. The number of rotatable bonds is 3. The normalized spacial score (nSPS) is 17.1. The molecule has 0 bridgehead atoms. The molecule has 0 amide bonds. The number of nitrogens with one attached hydrogen (secondary N) is 2. The largest absolute Gasteiger partial charge is 0.357 e. The van der Waals surface area contributed by atoms with E-state index in [0.29, 0.717) is 6.04 Å². The summed E-state index contributed by atoms with van der Waals surface area (Å²) < 4.78 is 1.16. The monoisotopic (exact) mass is 404 g/mol. The molecule has 2 N–H and O–H groups in total. The lowest BCUT2D eigenvalue weighted by atomic mass is 10.0. The Labute approximate surface area is 157 Å².